The van der Waals surface area contributed by atoms with Crippen molar-refractivity contribution in [2.75, 3.05) is 4.90 Å². The molecule has 0 radical (unpaired) electrons. The van der Waals surface area contributed by atoms with E-state index >= 15 is 0 Å². The minimum atomic E-state index is 0.169. The van der Waals surface area contributed by atoms with Crippen LogP contribution in [0.3, 0.4) is 0 Å². The Bertz CT molecular complexity index is 868. The molecule has 1 heterocycles. The highest BCUT2D eigenvalue weighted by Crippen LogP contribution is 2.35. The van der Waals surface area contributed by atoms with Gasteiger partial charge in [-0.2, -0.15) is 0 Å². The second kappa shape index (κ2) is 6.36. The van der Waals surface area contributed by atoms with Crippen molar-refractivity contribution in [3.63, 3.8) is 0 Å². The summed E-state index contributed by atoms with van der Waals surface area (Å²) in [5, 5.41) is 0.816. The molecule has 1 saturated carbocycles. The van der Waals surface area contributed by atoms with Crippen LogP contribution in [0.2, 0.25) is 0 Å². The zero-order valence-electron chi connectivity index (χ0n) is 13.7. The molecule has 1 fully saturated rings. The molecule has 0 spiro atoms. The number of rotatable bonds is 4. The van der Waals surface area contributed by atoms with Crippen molar-refractivity contribution in [3.8, 4) is 0 Å². The number of hydrogen-bond acceptors (Lipinski definition) is 3. The first-order chi connectivity index (χ1) is 11.7. The van der Waals surface area contributed by atoms with Crippen molar-refractivity contribution in [2.24, 2.45) is 5.92 Å². The average molecular weight is 336 g/mol. The fourth-order valence-corrected chi connectivity index (χ4v) is 4.08. The van der Waals surface area contributed by atoms with Gasteiger partial charge >= 0.3 is 0 Å². The van der Waals surface area contributed by atoms with Gasteiger partial charge in [-0.15, -0.1) is 0 Å². The first-order valence-corrected chi connectivity index (χ1v) is 9.25. The summed E-state index contributed by atoms with van der Waals surface area (Å²) in [5.41, 5.74) is 3.33. The molecule has 0 bridgehead atoms. The Morgan fingerprint density at radius 3 is 2.71 bits per heavy atom. The zero-order valence-corrected chi connectivity index (χ0v) is 14.6. The highest BCUT2D eigenvalue weighted by molar-refractivity contribution is 7.22. The molecule has 2 aromatic carbocycles. The van der Waals surface area contributed by atoms with Gasteiger partial charge < -0.3 is 0 Å². The summed E-state index contributed by atoms with van der Waals surface area (Å²) < 4.78 is 1.14. The van der Waals surface area contributed by atoms with Crippen LogP contribution < -0.4 is 4.90 Å². The molecule has 0 aliphatic heterocycles. The number of anilines is 1. The Labute approximate surface area is 146 Å². The van der Waals surface area contributed by atoms with E-state index < -0.39 is 0 Å². The first-order valence-electron chi connectivity index (χ1n) is 8.43. The van der Waals surface area contributed by atoms with Crippen molar-refractivity contribution in [2.45, 2.75) is 32.7 Å². The summed E-state index contributed by atoms with van der Waals surface area (Å²) in [6.07, 6.45) is 3.18. The fourth-order valence-electron chi connectivity index (χ4n) is 3.02. The molecule has 4 heteroatoms. The monoisotopic (exact) mass is 336 g/mol. The third-order valence-electron chi connectivity index (χ3n) is 4.67. The van der Waals surface area contributed by atoms with E-state index in [0.29, 0.717) is 6.54 Å². The van der Waals surface area contributed by atoms with E-state index in [4.69, 9.17) is 4.98 Å². The molecule has 0 N–H and O–H groups in total. The lowest BCUT2D eigenvalue weighted by atomic mass is 9.84. The van der Waals surface area contributed by atoms with Gasteiger partial charge in [0, 0.05) is 5.92 Å². The maximum absolute atomic E-state index is 13.0. The third-order valence-corrected chi connectivity index (χ3v) is 5.71. The highest BCUT2D eigenvalue weighted by atomic mass is 32.1. The smallest absolute Gasteiger partial charge is 0.232 e. The Hall–Kier alpha value is -2.20. The summed E-state index contributed by atoms with van der Waals surface area (Å²) in [5.74, 6) is 0.392. The predicted octanol–water partition coefficient (Wildman–Crippen LogP) is 4.94. The summed E-state index contributed by atoms with van der Waals surface area (Å²) in [6, 6.07) is 16.4. The maximum atomic E-state index is 13.0. The van der Waals surface area contributed by atoms with E-state index in [9.17, 15) is 4.79 Å². The topological polar surface area (TPSA) is 33.2 Å². The van der Waals surface area contributed by atoms with Gasteiger partial charge in [-0.05, 0) is 43.0 Å². The number of nitrogens with zero attached hydrogens (tertiary/aromatic N) is 2. The number of aryl methyl sites for hydroxylation is 1. The molecule has 1 aliphatic carbocycles. The van der Waals surface area contributed by atoms with E-state index in [1.54, 1.807) is 11.3 Å². The van der Waals surface area contributed by atoms with E-state index in [1.165, 1.54) is 5.56 Å². The maximum Gasteiger partial charge on any atom is 0.232 e. The standard InChI is InChI=1S/C20H20N2OS/c1-14-10-11-17-18(12-14)24-20(21-17)22(19(23)16-8-5-9-16)13-15-6-3-2-4-7-15/h2-4,6-7,10-12,16H,5,8-9,13H2,1H3. The Morgan fingerprint density at radius 2 is 2.00 bits per heavy atom. The number of hydrogen-bond donors (Lipinski definition) is 0. The van der Waals surface area contributed by atoms with E-state index in [0.717, 1.165) is 40.2 Å². The summed E-state index contributed by atoms with van der Waals surface area (Å²) in [6.45, 7) is 2.68. The third kappa shape index (κ3) is 2.94. The quantitative estimate of drug-likeness (QED) is 0.676. The molecule has 1 aliphatic rings. The van der Waals surface area contributed by atoms with Gasteiger partial charge in [-0.3, -0.25) is 9.69 Å². The van der Waals surface area contributed by atoms with Crippen LogP contribution in [0.1, 0.15) is 30.4 Å². The van der Waals surface area contributed by atoms with Crippen LogP contribution in [0.4, 0.5) is 5.13 Å². The molecule has 4 rings (SSSR count). The molecule has 1 amide bonds. The average Bonchev–Trinajstić information content (AvgIpc) is 2.94. The molecule has 1 aromatic heterocycles. The van der Waals surface area contributed by atoms with Gasteiger partial charge in [0.15, 0.2) is 5.13 Å². The van der Waals surface area contributed by atoms with Crippen LogP contribution in [0.15, 0.2) is 48.5 Å². The van der Waals surface area contributed by atoms with Gasteiger partial charge in [0.1, 0.15) is 0 Å². The van der Waals surface area contributed by atoms with Crippen molar-refractivity contribution >= 4 is 32.6 Å². The lowest BCUT2D eigenvalue weighted by Crippen LogP contribution is -2.38. The summed E-state index contributed by atoms with van der Waals surface area (Å²) >= 11 is 1.61. The number of benzene rings is 2. The lowest BCUT2D eigenvalue weighted by Gasteiger charge is -2.30. The van der Waals surface area contributed by atoms with Gasteiger partial charge in [-0.1, -0.05) is 54.2 Å². The van der Waals surface area contributed by atoms with Crippen LogP contribution in [0, 0.1) is 12.8 Å². The number of carbonyl (C=O) groups excluding carboxylic acids is 1. The van der Waals surface area contributed by atoms with Crippen LogP contribution in [-0.2, 0) is 11.3 Å². The minimum absolute atomic E-state index is 0.169. The number of thiazole rings is 1. The largest absolute Gasteiger partial charge is 0.283 e. The SMILES string of the molecule is Cc1ccc2nc(N(Cc3ccccc3)C(=O)C3CCC3)sc2c1. The fraction of sp³-hybridized carbons (Fsp3) is 0.300. The number of aromatic nitrogens is 1. The van der Waals surface area contributed by atoms with Crippen molar-refractivity contribution in [1.82, 2.24) is 4.98 Å². The van der Waals surface area contributed by atoms with Crippen LogP contribution in [-0.4, -0.2) is 10.9 Å². The number of fused-ring (bicyclic) bond motifs is 1. The predicted molar refractivity (Wildman–Crippen MR) is 99.3 cm³/mol. The Kier molecular flexibility index (Phi) is 4.07. The molecular formula is C20H20N2OS. The van der Waals surface area contributed by atoms with E-state index in [-0.39, 0.29) is 11.8 Å². The Morgan fingerprint density at radius 1 is 1.21 bits per heavy atom. The van der Waals surface area contributed by atoms with Gasteiger partial charge in [0.2, 0.25) is 5.91 Å². The van der Waals surface area contributed by atoms with Gasteiger partial charge in [0.05, 0.1) is 16.8 Å². The molecule has 24 heavy (non-hydrogen) atoms. The summed E-state index contributed by atoms with van der Waals surface area (Å²) in [7, 11) is 0. The number of carbonyl (C=O) groups is 1. The second-order valence-corrected chi connectivity index (χ2v) is 7.51. The molecular weight excluding hydrogens is 316 g/mol. The van der Waals surface area contributed by atoms with Gasteiger partial charge in [0.25, 0.3) is 0 Å². The molecule has 3 aromatic rings. The van der Waals surface area contributed by atoms with E-state index in [1.807, 2.05) is 29.2 Å². The lowest BCUT2D eigenvalue weighted by molar-refractivity contribution is -0.124. The van der Waals surface area contributed by atoms with Crippen LogP contribution in [0.25, 0.3) is 10.2 Å². The molecule has 122 valence electrons. The second-order valence-electron chi connectivity index (χ2n) is 6.51. The van der Waals surface area contributed by atoms with Gasteiger partial charge in [-0.25, -0.2) is 4.98 Å². The number of amides is 1. The molecule has 0 unspecified atom stereocenters. The summed E-state index contributed by atoms with van der Waals surface area (Å²) in [4.78, 5) is 19.6. The normalized spacial score (nSPS) is 14.5. The molecule has 3 nitrogen and oxygen atoms in total. The zero-order chi connectivity index (χ0) is 16.5. The molecule has 0 atom stereocenters. The van der Waals surface area contributed by atoms with Crippen LogP contribution >= 0.6 is 11.3 Å². The van der Waals surface area contributed by atoms with Crippen LogP contribution in [0.5, 0.6) is 0 Å². The van der Waals surface area contributed by atoms with Crippen molar-refractivity contribution in [1.29, 1.82) is 0 Å². The highest BCUT2D eigenvalue weighted by Gasteiger charge is 2.31. The first kappa shape index (κ1) is 15.3. The van der Waals surface area contributed by atoms with Crippen molar-refractivity contribution < 1.29 is 4.79 Å². The van der Waals surface area contributed by atoms with E-state index in [2.05, 4.69) is 31.2 Å². The minimum Gasteiger partial charge on any atom is -0.283 e. The van der Waals surface area contributed by atoms with Crippen molar-refractivity contribution in [3.05, 3.63) is 59.7 Å². The molecule has 0 saturated heterocycles. The Balaban J connectivity index is 1.71.